The first-order chi connectivity index (χ1) is 13.3. The van der Waals surface area contributed by atoms with Crippen molar-refractivity contribution in [1.29, 1.82) is 0 Å². The summed E-state index contributed by atoms with van der Waals surface area (Å²) in [5.41, 5.74) is 3.47. The highest BCUT2D eigenvalue weighted by molar-refractivity contribution is 6.02. The lowest BCUT2D eigenvalue weighted by Crippen LogP contribution is -2.28. The van der Waals surface area contributed by atoms with Gasteiger partial charge in [0.2, 0.25) is 11.8 Å². The minimum atomic E-state index is -0.427. The minimum absolute atomic E-state index is 0.0293. The number of hydrogen-bond acceptors (Lipinski definition) is 2. The molecule has 0 bridgehead atoms. The van der Waals surface area contributed by atoms with E-state index in [4.69, 9.17) is 0 Å². The molecule has 0 spiro atoms. The predicted octanol–water partition coefficient (Wildman–Crippen LogP) is 5.00. The van der Waals surface area contributed by atoms with Gasteiger partial charge in [-0.15, -0.1) is 0 Å². The number of benzene rings is 2. The van der Waals surface area contributed by atoms with Gasteiger partial charge in [0.15, 0.2) is 0 Å². The third-order valence-corrected chi connectivity index (χ3v) is 5.82. The first-order valence-electron chi connectivity index (χ1n) is 10.1. The molecule has 4 heteroatoms. The second-order valence-electron chi connectivity index (χ2n) is 9.21. The fourth-order valence-corrected chi connectivity index (χ4v) is 3.58. The average molecular weight is 377 g/mol. The number of nitrogens with one attached hydrogen (secondary N) is 2. The Morgan fingerprint density at radius 2 is 1.54 bits per heavy atom. The highest BCUT2D eigenvalue weighted by atomic mass is 16.2. The van der Waals surface area contributed by atoms with Gasteiger partial charge in [-0.25, -0.2) is 0 Å². The van der Waals surface area contributed by atoms with Crippen LogP contribution in [0.1, 0.15) is 57.6 Å². The van der Waals surface area contributed by atoms with Crippen LogP contribution in [0.15, 0.2) is 48.5 Å². The van der Waals surface area contributed by atoms with Crippen molar-refractivity contribution in [2.24, 2.45) is 5.92 Å². The molecule has 4 nitrogen and oxygen atoms in total. The highest BCUT2D eigenvalue weighted by Crippen LogP contribution is 2.49. The zero-order valence-corrected chi connectivity index (χ0v) is 16.8. The fraction of sp³-hybridized carbons (Fsp3) is 0.417. The Bertz CT molecular complexity index is 901. The van der Waals surface area contributed by atoms with Crippen LogP contribution in [0.4, 0.5) is 11.4 Å². The van der Waals surface area contributed by atoms with E-state index in [-0.39, 0.29) is 23.1 Å². The van der Waals surface area contributed by atoms with E-state index in [2.05, 4.69) is 55.7 Å². The van der Waals surface area contributed by atoms with E-state index < -0.39 is 5.41 Å². The Kier molecular flexibility index (Phi) is 4.53. The molecule has 0 heterocycles. The molecule has 0 unspecified atom stereocenters. The molecule has 2 N–H and O–H groups in total. The SMILES string of the molecule is CC(C)(C)c1ccc(C2(C(=O)Nc3cccc(NC(=O)C4CC4)c3)CC2)cc1. The lowest BCUT2D eigenvalue weighted by atomic mass is 9.85. The van der Waals surface area contributed by atoms with Gasteiger partial charge in [-0.3, -0.25) is 9.59 Å². The van der Waals surface area contributed by atoms with Gasteiger partial charge in [-0.1, -0.05) is 51.1 Å². The van der Waals surface area contributed by atoms with Gasteiger partial charge >= 0.3 is 0 Å². The first kappa shape index (κ1) is 18.7. The van der Waals surface area contributed by atoms with E-state index in [0.717, 1.165) is 42.6 Å². The standard InChI is InChI=1S/C24H28N2O2/c1-23(2,3)17-9-11-18(12-10-17)24(13-14-24)22(28)26-20-6-4-5-19(15-20)25-21(27)16-7-8-16/h4-6,9-12,15-16H,7-8,13-14H2,1-3H3,(H,25,27)(H,26,28). The van der Waals surface area contributed by atoms with Crippen LogP contribution in [-0.2, 0) is 20.4 Å². The molecule has 2 aliphatic carbocycles. The van der Waals surface area contributed by atoms with Crippen LogP contribution in [0.5, 0.6) is 0 Å². The number of rotatable bonds is 5. The van der Waals surface area contributed by atoms with Crippen LogP contribution in [-0.4, -0.2) is 11.8 Å². The van der Waals surface area contributed by atoms with Crippen LogP contribution < -0.4 is 10.6 Å². The summed E-state index contributed by atoms with van der Waals surface area (Å²) in [6.07, 6.45) is 3.68. The monoisotopic (exact) mass is 376 g/mol. The summed E-state index contributed by atoms with van der Waals surface area (Å²) in [6.45, 7) is 6.57. The second-order valence-corrected chi connectivity index (χ2v) is 9.21. The Hall–Kier alpha value is -2.62. The van der Waals surface area contributed by atoms with Crippen LogP contribution in [0, 0.1) is 5.92 Å². The molecular weight excluding hydrogens is 348 g/mol. The maximum atomic E-state index is 13.0. The normalized spacial score (nSPS) is 17.7. The summed E-state index contributed by atoms with van der Waals surface area (Å²) in [4.78, 5) is 25.0. The maximum Gasteiger partial charge on any atom is 0.235 e. The summed E-state index contributed by atoms with van der Waals surface area (Å²) >= 11 is 0. The fourth-order valence-electron chi connectivity index (χ4n) is 3.58. The van der Waals surface area contributed by atoms with Crippen LogP contribution in [0.2, 0.25) is 0 Å². The Labute approximate surface area is 166 Å². The molecule has 2 aliphatic rings. The van der Waals surface area contributed by atoms with E-state index in [9.17, 15) is 9.59 Å². The van der Waals surface area contributed by atoms with Crippen molar-refractivity contribution in [1.82, 2.24) is 0 Å². The third kappa shape index (κ3) is 3.82. The summed E-state index contributed by atoms with van der Waals surface area (Å²) in [6, 6.07) is 15.9. The van der Waals surface area contributed by atoms with E-state index in [1.165, 1.54) is 5.56 Å². The van der Waals surface area contributed by atoms with Crippen molar-refractivity contribution in [2.75, 3.05) is 10.6 Å². The quantitative estimate of drug-likeness (QED) is 0.771. The zero-order valence-electron chi connectivity index (χ0n) is 16.8. The topological polar surface area (TPSA) is 58.2 Å². The Morgan fingerprint density at radius 3 is 2.07 bits per heavy atom. The molecule has 0 saturated heterocycles. The summed E-state index contributed by atoms with van der Waals surface area (Å²) < 4.78 is 0. The molecule has 0 aromatic heterocycles. The van der Waals surface area contributed by atoms with Gasteiger partial charge in [-0.2, -0.15) is 0 Å². The molecule has 0 aliphatic heterocycles. The largest absolute Gasteiger partial charge is 0.326 e. The van der Waals surface area contributed by atoms with Crippen molar-refractivity contribution in [3.05, 3.63) is 59.7 Å². The molecule has 2 amide bonds. The van der Waals surface area contributed by atoms with E-state index in [1.54, 1.807) is 0 Å². The van der Waals surface area contributed by atoms with E-state index in [0.29, 0.717) is 0 Å². The van der Waals surface area contributed by atoms with Crippen molar-refractivity contribution < 1.29 is 9.59 Å². The van der Waals surface area contributed by atoms with Gasteiger partial charge in [0.05, 0.1) is 5.41 Å². The number of carbonyl (C=O) groups is 2. The summed E-state index contributed by atoms with van der Waals surface area (Å²) in [5.74, 6) is 0.256. The van der Waals surface area contributed by atoms with Crippen molar-refractivity contribution in [3.8, 4) is 0 Å². The number of hydrogen-bond donors (Lipinski definition) is 2. The predicted molar refractivity (Wildman–Crippen MR) is 112 cm³/mol. The molecule has 4 rings (SSSR count). The summed E-state index contributed by atoms with van der Waals surface area (Å²) in [7, 11) is 0. The number of amides is 2. The molecule has 0 radical (unpaired) electrons. The third-order valence-electron chi connectivity index (χ3n) is 5.82. The van der Waals surface area contributed by atoms with Gasteiger partial charge < -0.3 is 10.6 Å². The highest BCUT2D eigenvalue weighted by Gasteiger charge is 2.51. The molecule has 2 aromatic rings. The van der Waals surface area contributed by atoms with Crippen molar-refractivity contribution in [3.63, 3.8) is 0 Å². The second kappa shape index (κ2) is 6.77. The number of anilines is 2. The Balaban J connectivity index is 1.46. The van der Waals surface area contributed by atoms with Crippen molar-refractivity contribution >= 4 is 23.2 Å². The molecule has 0 atom stereocenters. The van der Waals surface area contributed by atoms with Crippen molar-refractivity contribution in [2.45, 2.75) is 57.3 Å². The molecule has 146 valence electrons. The van der Waals surface area contributed by atoms with Crippen LogP contribution >= 0.6 is 0 Å². The van der Waals surface area contributed by atoms with Crippen LogP contribution in [0.3, 0.4) is 0 Å². The van der Waals surface area contributed by atoms with Gasteiger partial charge in [-0.05, 0) is 60.4 Å². The zero-order chi connectivity index (χ0) is 19.9. The smallest absolute Gasteiger partial charge is 0.235 e. The van der Waals surface area contributed by atoms with Crippen LogP contribution in [0.25, 0.3) is 0 Å². The number of carbonyl (C=O) groups excluding carboxylic acids is 2. The first-order valence-corrected chi connectivity index (χ1v) is 10.1. The summed E-state index contributed by atoms with van der Waals surface area (Å²) in [5, 5.41) is 5.99. The van der Waals surface area contributed by atoms with Gasteiger partial charge in [0.1, 0.15) is 0 Å². The molecular formula is C24H28N2O2. The van der Waals surface area contributed by atoms with E-state index >= 15 is 0 Å². The lowest BCUT2D eigenvalue weighted by molar-refractivity contribution is -0.118. The lowest BCUT2D eigenvalue weighted by Gasteiger charge is -2.21. The molecule has 2 aromatic carbocycles. The van der Waals surface area contributed by atoms with Gasteiger partial charge in [0.25, 0.3) is 0 Å². The van der Waals surface area contributed by atoms with E-state index in [1.807, 2.05) is 24.3 Å². The molecule has 2 saturated carbocycles. The maximum absolute atomic E-state index is 13.0. The average Bonchev–Trinajstić information content (AvgIpc) is 3.55. The molecule has 28 heavy (non-hydrogen) atoms. The molecule has 2 fully saturated rings. The minimum Gasteiger partial charge on any atom is -0.326 e. The van der Waals surface area contributed by atoms with Gasteiger partial charge in [0, 0.05) is 17.3 Å². The Morgan fingerprint density at radius 1 is 0.929 bits per heavy atom.